The molecule has 1 aromatic carbocycles. The van der Waals surface area contributed by atoms with Crippen LogP contribution in [0.25, 0.3) is 10.1 Å². The van der Waals surface area contributed by atoms with Gasteiger partial charge in [-0.05, 0) is 46.7 Å². The van der Waals surface area contributed by atoms with E-state index in [0.29, 0.717) is 0 Å². The third kappa shape index (κ3) is 3.47. The summed E-state index contributed by atoms with van der Waals surface area (Å²) in [6.07, 6.45) is 1.48. The lowest BCUT2D eigenvalue weighted by atomic mass is 10.1. The topological polar surface area (TPSA) is 20.2 Å². The van der Waals surface area contributed by atoms with Crippen molar-refractivity contribution in [3.05, 3.63) is 35.2 Å². The minimum atomic E-state index is -0.202. The maximum atomic E-state index is 10.00. The monoisotopic (exact) mass is 266 g/mol. The lowest BCUT2D eigenvalue weighted by Gasteiger charge is -2.09. The fourth-order valence-electron chi connectivity index (χ4n) is 1.91. The summed E-state index contributed by atoms with van der Waals surface area (Å²) in [5.74, 6) is 2.19. The second kappa shape index (κ2) is 6.43. The van der Waals surface area contributed by atoms with Crippen molar-refractivity contribution in [2.24, 2.45) is 0 Å². The molecule has 0 saturated heterocycles. The van der Waals surface area contributed by atoms with Gasteiger partial charge in [-0.3, -0.25) is 0 Å². The summed E-state index contributed by atoms with van der Waals surface area (Å²) in [5, 5.41) is 13.5. The summed E-state index contributed by atoms with van der Waals surface area (Å²) >= 11 is 3.66. The average Bonchev–Trinajstić information content (AvgIpc) is 2.73. The molecule has 17 heavy (non-hydrogen) atoms. The van der Waals surface area contributed by atoms with Crippen LogP contribution in [0, 0.1) is 0 Å². The SMILES string of the molecule is CCSCCC(O)Cc1csc2ccccc12. The summed E-state index contributed by atoms with van der Waals surface area (Å²) in [6, 6.07) is 8.42. The van der Waals surface area contributed by atoms with E-state index in [1.807, 2.05) is 11.8 Å². The summed E-state index contributed by atoms with van der Waals surface area (Å²) in [6.45, 7) is 2.16. The minimum Gasteiger partial charge on any atom is -0.393 e. The summed E-state index contributed by atoms with van der Waals surface area (Å²) < 4.78 is 1.32. The van der Waals surface area contributed by atoms with Crippen LogP contribution in [0.15, 0.2) is 29.6 Å². The van der Waals surface area contributed by atoms with Gasteiger partial charge in [0.05, 0.1) is 6.10 Å². The zero-order chi connectivity index (χ0) is 12.1. The van der Waals surface area contributed by atoms with E-state index in [0.717, 1.165) is 24.3 Å². The fraction of sp³-hybridized carbons (Fsp3) is 0.429. The quantitative estimate of drug-likeness (QED) is 0.799. The van der Waals surface area contributed by atoms with Gasteiger partial charge in [0.25, 0.3) is 0 Å². The number of benzene rings is 1. The van der Waals surface area contributed by atoms with E-state index in [1.54, 1.807) is 11.3 Å². The molecule has 0 aliphatic heterocycles. The van der Waals surface area contributed by atoms with Crippen LogP contribution in [0.3, 0.4) is 0 Å². The van der Waals surface area contributed by atoms with Crippen LogP contribution in [0.1, 0.15) is 18.9 Å². The van der Waals surface area contributed by atoms with Crippen LogP contribution in [0.4, 0.5) is 0 Å². The van der Waals surface area contributed by atoms with Crippen molar-refractivity contribution in [2.75, 3.05) is 11.5 Å². The van der Waals surface area contributed by atoms with E-state index < -0.39 is 0 Å². The van der Waals surface area contributed by atoms with Crippen LogP contribution < -0.4 is 0 Å². The number of hydrogen-bond acceptors (Lipinski definition) is 3. The molecular weight excluding hydrogens is 248 g/mol. The number of thiophene rings is 1. The molecule has 1 unspecified atom stereocenters. The summed E-state index contributed by atoms with van der Waals surface area (Å²) in [4.78, 5) is 0. The molecule has 1 nitrogen and oxygen atoms in total. The van der Waals surface area contributed by atoms with Crippen molar-refractivity contribution in [1.29, 1.82) is 0 Å². The molecule has 0 saturated carbocycles. The van der Waals surface area contributed by atoms with E-state index >= 15 is 0 Å². The zero-order valence-electron chi connectivity index (χ0n) is 10.1. The number of aliphatic hydroxyl groups excluding tert-OH is 1. The van der Waals surface area contributed by atoms with Gasteiger partial charge in [0.15, 0.2) is 0 Å². The molecule has 1 aromatic heterocycles. The first kappa shape index (κ1) is 12.9. The highest BCUT2D eigenvalue weighted by Crippen LogP contribution is 2.27. The second-order valence-electron chi connectivity index (χ2n) is 4.10. The van der Waals surface area contributed by atoms with Crippen LogP contribution in [-0.4, -0.2) is 22.7 Å². The second-order valence-corrected chi connectivity index (χ2v) is 6.41. The van der Waals surface area contributed by atoms with Crippen LogP contribution >= 0.6 is 23.1 Å². The Hall–Kier alpha value is -0.510. The number of rotatable bonds is 6. The minimum absolute atomic E-state index is 0.202. The summed E-state index contributed by atoms with van der Waals surface area (Å²) in [5.41, 5.74) is 1.29. The van der Waals surface area contributed by atoms with Crippen molar-refractivity contribution < 1.29 is 5.11 Å². The Labute approximate surface area is 111 Å². The molecule has 3 heteroatoms. The van der Waals surface area contributed by atoms with Gasteiger partial charge in [-0.2, -0.15) is 11.8 Å². The smallest absolute Gasteiger partial charge is 0.0588 e. The first-order chi connectivity index (χ1) is 8.31. The molecular formula is C14H18OS2. The lowest BCUT2D eigenvalue weighted by Crippen LogP contribution is -2.11. The Morgan fingerprint density at radius 3 is 3.00 bits per heavy atom. The largest absolute Gasteiger partial charge is 0.393 e. The number of thioether (sulfide) groups is 1. The lowest BCUT2D eigenvalue weighted by molar-refractivity contribution is 0.172. The molecule has 0 fully saturated rings. The van der Waals surface area contributed by atoms with Crippen LogP contribution in [0.5, 0.6) is 0 Å². The Kier molecular flexibility index (Phi) is 4.89. The van der Waals surface area contributed by atoms with Crippen molar-refractivity contribution in [1.82, 2.24) is 0 Å². The van der Waals surface area contributed by atoms with Gasteiger partial charge in [0, 0.05) is 4.70 Å². The van der Waals surface area contributed by atoms with E-state index in [2.05, 4.69) is 36.6 Å². The molecule has 2 aromatic rings. The number of aliphatic hydroxyl groups is 1. The standard InChI is InChI=1S/C14H18OS2/c1-2-16-8-7-12(15)9-11-10-17-14-6-4-3-5-13(11)14/h3-6,10,12,15H,2,7-9H2,1H3. The normalized spacial score (nSPS) is 13.1. The highest BCUT2D eigenvalue weighted by Gasteiger charge is 2.09. The molecule has 0 radical (unpaired) electrons. The van der Waals surface area contributed by atoms with Crippen LogP contribution in [-0.2, 0) is 6.42 Å². The van der Waals surface area contributed by atoms with Crippen LogP contribution in [0.2, 0.25) is 0 Å². The fourth-order valence-corrected chi connectivity index (χ4v) is 3.61. The Balaban J connectivity index is 1.98. The Morgan fingerprint density at radius 2 is 2.18 bits per heavy atom. The molecule has 0 amide bonds. The number of hydrogen-bond donors (Lipinski definition) is 1. The Morgan fingerprint density at radius 1 is 1.35 bits per heavy atom. The van der Waals surface area contributed by atoms with E-state index in [9.17, 15) is 5.11 Å². The van der Waals surface area contributed by atoms with Crippen molar-refractivity contribution in [2.45, 2.75) is 25.9 Å². The molecule has 0 bridgehead atoms. The van der Waals surface area contributed by atoms with E-state index in [1.165, 1.54) is 15.6 Å². The molecule has 1 N–H and O–H groups in total. The molecule has 1 heterocycles. The summed E-state index contributed by atoms with van der Waals surface area (Å²) in [7, 11) is 0. The van der Waals surface area contributed by atoms with Gasteiger partial charge in [0.2, 0.25) is 0 Å². The van der Waals surface area contributed by atoms with E-state index in [4.69, 9.17) is 0 Å². The van der Waals surface area contributed by atoms with Crippen molar-refractivity contribution in [3.63, 3.8) is 0 Å². The average molecular weight is 266 g/mol. The van der Waals surface area contributed by atoms with Gasteiger partial charge in [-0.15, -0.1) is 11.3 Å². The first-order valence-corrected chi connectivity index (χ1v) is 8.05. The molecule has 2 rings (SSSR count). The molecule has 0 aliphatic carbocycles. The predicted octanol–water partition coefficient (Wildman–Crippen LogP) is 3.95. The van der Waals surface area contributed by atoms with Gasteiger partial charge < -0.3 is 5.11 Å². The Bertz CT molecular complexity index is 464. The maximum Gasteiger partial charge on any atom is 0.0588 e. The number of fused-ring (bicyclic) bond motifs is 1. The third-order valence-corrected chi connectivity index (χ3v) is 4.76. The van der Waals surface area contributed by atoms with Gasteiger partial charge in [0.1, 0.15) is 0 Å². The maximum absolute atomic E-state index is 10.00. The van der Waals surface area contributed by atoms with Crippen molar-refractivity contribution in [3.8, 4) is 0 Å². The highest BCUT2D eigenvalue weighted by molar-refractivity contribution is 7.99. The van der Waals surface area contributed by atoms with Gasteiger partial charge in [-0.25, -0.2) is 0 Å². The molecule has 0 aliphatic rings. The molecule has 0 spiro atoms. The zero-order valence-corrected chi connectivity index (χ0v) is 11.7. The van der Waals surface area contributed by atoms with Gasteiger partial charge >= 0.3 is 0 Å². The van der Waals surface area contributed by atoms with Crippen molar-refractivity contribution >= 4 is 33.2 Å². The third-order valence-electron chi connectivity index (χ3n) is 2.82. The highest BCUT2D eigenvalue weighted by atomic mass is 32.2. The molecule has 1 atom stereocenters. The predicted molar refractivity (Wildman–Crippen MR) is 79.2 cm³/mol. The van der Waals surface area contributed by atoms with Gasteiger partial charge in [-0.1, -0.05) is 25.1 Å². The van der Waals surface area contributed by atoms with E-state index in [-0.39, 0.29) is 6.10 Å². The molecule has 92 valence electrons. The first-order valence-electron chi connectivity index (χ1n) is 6.02.